The van der Waals surface area contributed by atoms with Crippen LogP contribution < -0.4 is 27.7 Å². The van der Waals surface area contributed by atoms with Gasteiger partial charge in [0.2, 0.25) is 0 Å². The number of hydrogen-bond donors (Lipinski definition) is 2. The third-order valence-corrected chi connectivity index (χ3v) is 7.49. The summed E-state index contributed by atoms with van der Waals surface area (Å²) in [7, 11) is 0. The smallest absolute Gasteiger partial charge is 0.350 e. The van der Waals surface area contributed by atoms with E-state index >= 15 is 4.39 Å². The zero-order valence-electron chi connectivity index (χ0n) is 16.8. The van der Waals surface area contributed by atoms with Crippen molar-refractivity contribution in [1.82, 2.24) is 9.24 Å². The van der Waals surface area contributed by atoms with E-state index in [-0.39, 0.29) is 16.8 Å². The number of fused-ring (bicyclic) bond motifs is 2. The molecule has 5 rings (SSSR count). The number of nitrogens with zero attached hydrogens (tertiary/aromatic N) is 3. The molecular weight excluding hydrogens is 373 g/mol. The molecule has 0 spiro atoms. The molecule has 7 nitrogen and oxygen atoms in total. The summed E-state index contributed by atoms with van der Waals surface area (Å²) in [6.45, 7) is 3.91. The van der Waals surface area contributed by atoms with E-state index in [4.69, 9.17) is 11.6 Å². The number of anilines is 1. The van der Waals surface area contributed by atoms with Crippen molar-refractivity contribution >= 4 is 16.6 Å². The van der Waals surface area contributed by atoms with Gasteiger partial charge in [0.1, 0.15) is 5.82 Å². The SMILES string of the molecule is Cc1c(N2CC3CCCCC3(CN)C2)c(F)cc2c(=O)n(N)c(=O)n(C3CC3)c12. The fourth-order valence-corrected chi connectivity index (χ4v) is 5.80. The van der Waals surface area contributed by atoms with Gasteiger partial charge in [0.05, 0.1) is 16.6 Å². The Morgan fingerprint density at radius 1 is 1.24 bits per heavy atom. The number of benzene rings is 1. The van der Waals surface area contributed by atoms with Crippen molar-refractivity contribution in [2.45, 2.75) is 51.5 Å². The maximum Gasteiger partial charge on any atom is 0.350 e. The Morgan fingerprint density at radius 2 is 2.00 bits per heavy atom. The Kier molecular flexibility index (Phi) is 4.07. The van der Waals surface area contributed by atoms with Crippen molar-refractivity contribution in [2.24, 2.45) is 17.1 Å². The van der Waals surface area contributed by atoms with E-state index in [2.05, 4.69) is 4.90 Å². The number of aromatic nitrogens is 2. The Labute approximate surface area is 168 Å². The molecule has 1 aromatic carbocycles. The maximum atomic E-state index is 15.4. The lowest BCUT2D eigenvalue weighted by Gasteiger charge is -2.37. The Morgan fingerprint density at radius 3 is 2.66 bits per heavy atom. The van der Waals surface area contributed by atoms with Crippen LogP contribution in [-0.2, 0) is 0 Å². The average Bonchev–Trinajstić information content (AvgIpc) is 3.46. The summed E-state index contributed by atoms with van der Waals surface area (Å²) in [6.07, 6.45) is 6.27. The molecule has 2 aromatic rings. The molecular formula is C21H28FN5O2. The highest BCUT2D eigenvalue weighted by Gasteiger charge is 2.47. The first-order chi connectivity index (χ1) is 13.9. The van der Waals surface area contributed by atoms with E-state index in [0.29, 0.717) is 33.9 Å². The fourth-order valence-electron chi connectivity index (χ4n) is 5.80. The Balaban J connectivity index is 1.72. The summed E-state index contributed by atoms with van der Waals surface area (Å²) in [5.74, 6) is 5.74. The molecule has 1 saturated heterocycles. The molecule has 2 saturated carbocycles. The first-order valence-corrected chi connectivity index (χ1v) is 10.6. The summed E-state index contributed by atoms with van der Waals surface area (Å²) in [5, 5.41) is 0.169. The molecule has 8 heteroatoms. The molecule has 3 aliphatic rings. The molecule has 0 bridgehead atoms. The molecule has 2 heterocycles. The minimum Gasteiger partial charge on any atom is -0.368 e. The largest absolute Gasteiger partial charge is 0.368 e. The predicted octanol–water partition coefficient (Wildman–Crippen LogP) is 1.61. The lowest BCUT2D eigenvalue weighted by atomic mass is 9.68. The first kappa shape index (κ1) is 18.7. The van der Waals surface area contributed by atoms with Gasteiger partial charge in [-0.05, 0) is 51.1 Å². The summed E-state index contributed by atoms with van der Waals surface area (Å²) in [6, 6.07) is 1.28. The third kappa shape index (κ3) is 2.57. The molecule has 1 aliphatic heterocycles. The molecule has 4 N–H and O–H groups in total. The van der Waals surface area contributed by atoms with E-state index in [1.807, 2.05) is 6.92 Å². The van der Waals surface area contributed by atoms with Crippen LogP contribution in [-0.4, -0.2) is 28.9 Å². The number of rotatable bonds is 3. The van der Waals surface area contributed by atoms with Gasteiger partial charge in [-0.1, -0.05) is 12.8 Å². The fraction of sp³-hybridized carbons (Fsp3) is 0.619. The van der Waals surface area contributed by atoms with Gasteiger partial charge < -0.3 is 16.5 Å². The first-order valence-electron chi connectivity index (χ1n) is 10.6. The van der Waals surface area contributed by atoms with Crippen LogP contribution in [0.5, 0.6) is 0 Å². The highest BCUT2D eigenvalue weighted by atomic mass is 19.1. The van der Waals surface area contributed by atoms with Crippen LogP contribution in [0, 0.1) is 24.1 Å². The third-order valence-electron chi connectivity index (χ3n) is 7.49. The molecule has 0 radical (unpaired) electrons. The number of hydrogen-bond acceptors (Lipinski definition) is 5. The van der Waals surface area contributed by atoms with Gasteiger partial charge in [0.25, 0.3) is 5.56 Å². The van der Waals surface area contributed by atoms with Gasteiger partial charge in [-0.2, -0.15) is 4.68 Å². The second-order valence-electron chi connectivity index (χ2n) is 9.18. The van der Waals surface area contributed by atoms with E-state index < -0.39 is 17.1 Å². The van der Waals surface area contributed by atoms with E-state index in [0.717, 1.165) is 45.2 Å². The molecule has 156 valence electrons. The summed E-state index contributed by atoms with van der Waals surface area (Å²) in [5.41, 5.74) is 6.72. The van der Waals surface area contributed by atoms with Crippen molar-refractivity contribution in [3.63, 3.8) is 0 Å². The van der Waals surface area contributed by atoms with Crippen molar-refractivity contribution in [3.8, 4) is 0 Å². The molecule has 2 aliphatic carbocycles. The standard InChI is InChI=1S/C21H28FN5O2/c1-12-17-15(19(28)27(24)20(29)26(17)14-5-6-14)8-16(22)18(12)25-9-13-4-2-3-7-21(13,10-23)11-25/h8,13-14H,2-7,9-11,23-24H2,1H3. The number of aryl methyl sites for hydroxylation is 1. The van der Waals surface area contributed by atoms with Crippen molar-refractivity contribution in [3.05, 3.63) is 38.3 Å². The van der Waals surface area contributed by atoms with Crippen LogP contribution >= 0.6 is 0 Å². The number of halogens is 1. The van der Waals surface area contributed by atoms with Gasteiger partial charge >= 0.3 is 5.69 Å². The minimum absolute atomic E-state index is 0.0222. The quantitative estimate of drug-likeness (QED) is 0.762. The topological polar surface area (TPSA) is 99.3 Å². The van der Waals surface area contributed by atoms with Gasteiger partial charge in [0, 0.05) is 30.1 Å². The van der Waals surface area contributed by atoms with E-state index in [1.54, 1.807) is 4.57 Å². The zero-order chi connectivity index (χ0) is 20.5. The van der Waals surface area contributed by atoms with Crippen molar-refractivity contribution in [1.29, 1.82) is 0 Å². The molecule has 2 atom stereocenters. The van der Waals surface area contributed by atoms with Crippen LogP contribution in [0.15, 0.2) is 15.7 Å². The van der Waals surface area contributed by atoms with Gasteiger partial charge in [-0.25, -0.2) is 9.18 Å². The van der Waals surface area contributed by atoms with Crippen molar-refractivity contribution < 1.29 is 4.39 Å². The molecule has 3 fully saturated rings. The maximum absolute atomic E-state index is 15.4. The Bertz CT molecular complexity index is 1120. The Hall–Kier alpha value is -2.35. The summed E-state index contributed by atoms with van der Waals surface area (Å²) in [4.78, 5) is 27.4. The highest BCUT2D eigenvalue weighted by Crippen LogP contribution is 2.48. The van der Waals surface area contributed by atoms with Gasteiger partial charge in [-0.15, -0.1) is 0 Å². The van der Waals surface area contributed by atoms with E-state index in [1.165, 1.54) is 12.5 Å². The van der Waals surface area contributed by atoms with E-state index in [9.17, 15) is 9.59 Å². The van der Waals surface area contributed by atoms with Crippen LogP contribution in [0.2, 0.25) is 0 Å². The minimum atomic E-state index is -0.649. The molecule has 29 heavy (non-hydrogen) atoms. The average molecular weight is 401 g/mol. The number of nitrogens with two attached hydrogens (primary N) is 2. The highest BCUT2D eigenvalue weighted by molar-refractivity contribution is 5.87. The molecule has 2 unspecified atom stereocenters. The zero-order valence-corrected chi connectivity index (χ0v) is 16.8. The number of nitrogen functional groups attached to an aromatic ring is 1. The lowest BCUT2D eigenvalue weighted by molar-refractivity contribution is 0.160. The molecule has 1 aromatic heterocycles. The lowest BCUT2D eigenvalue weighted by Crippen LogP contribution is -2.44. The monoisotopic (exact) mass is 401 g/mol. The normalized spacial score (nSPS) is 26.9. The summed E-state index contributed by atoms with van der Waals surface area (Å²) >= 11 is 0. The van der Waals surface area contributed by atoms with Crippen LogP contribution in [0.1, 0.15) is 50.1 Å². The van der Waals surface area contributed by atoms with Crippen LogP contribution in [0.4, 0.5) is 10.1 Å². The van der Waals surface area contributed by atoms with Gasteiger partial charge in [-0.3, -0.25) is 9.36 Å². The second-order valence-corrected chi connectivity index (χ2v) is 9.18. The van der Waals surface area contributed by atoms with Gasteiger partial charge in [0.15, 0.2) is 0 Å². The van der Waals surface area contributed by atoms with Crippen molar-refractivity contribution in [2.75, 3.05) is 30.4 Å². The summed E-state index contributed by atoms with van der Waals surface area (Å²) < 4.78 is 17.5. The van der Waals surface area contributed by atoms with Crippen LogP contribution in [0.25, 0.3) is 10.9 Å². The van der Waals surface area contributed by atoms with Crippen LogP contribution in [0.3, 0.4) is 0 Å². The molecule has 0 amide bonds. The predicted molar refractivity (Wildman–Crippen MR) is 111 cm³/mol. The second kappa shape index (κ2) is 6.32.